The van der Waals surface area contributed by atoms with Gasteiger partial charge in [-0.15, -0.1) is 0 Å². The van der Waals surface area contributed by atoms with E-state index in [0.717, 1.165) is 45.3 Å². The molecule has 2 heteroatoms. The molecule has 2 nitrogen and oxygen atoms in total. The maximum Gasteiger partial charge on any atom is 0.0468 e. The van der Waals surface area contributed by atoms with Gasteiger partial charge in [0.2, 0.25) is 0 Å². The molecule has 0 fully saturated rings. The van der Waals surface area contributed by atoms with Gasteiger partial charge in [0, 0.05) is 45.0 Å². The molecule has 0 saturated heterocycles. The average molecular weight is 1200 g/mol. The maximum atomic E-state index is 2.43. The summed E-state index contributed by atoms with van der Waals surface area (Å²) in [5.74, 6) is 0. The van der Waals surface area contributed by atoms with Crippen LogP contribution in [-0.2, 0) is 10.8 Å². The van der Waals surface area contributed by atoms with Gasteiger partial charge in [0.15, 0.2) is 0 Å². The minimum Gasteiger partial charge on any atom is -0.310 e. The molecule has 0 spiro atoms. The van der Waals surface area contributed by atoms with E-state index in [4.69, 9.17) is 0 Å². The van der Waals surface area contributed by atoms with E-state index in [2.05, 4.69) is 377 Å². The Morgan fingerprint density at radius 3 is 0.830 bits per heavy atom. The predicted octanol–water partition coefficient (Wildman–Crippen LogP) is 25.5. The van der Waals surface area contributed by atoms with Crippen LogP contribution in [0.2, 0.25) is 0 Å². The smallest absolute Gasteiger partial charge is 0.0468 e. The summed E-state index contributed by atoms with van der Waals surface area (Å²) in [6, 6.07) is 117. The Morgan fingerprint density at radius 2 is 0.457 bits per heavy atom. The predicted molar refractivity (Wildman–Crippen MR) is 403 cm³/mol. The van der Waals surface area contributed by atoms with Gasteiger partial charge in [-0.05, 0) is 217 Å². The van der Waals surface area contributed by atoms with Crippen molar-refractivity contribution in [2.75, 3.05) is 9.80 Å². The number of nitrogens with zero attached hydrogens (tertiary/aromatic N) is 2. The molecule has 2 aliphatic rings. The Hall–Kier alpha value is -11.6. The summed E-state index contributed by atoms with van der Waals surface area (Å²) in [4.78, 5) is 4.84. The summed E-state index contributed by atoms with van der Waals surface area (Å²) in [7, 11) is 0. The van der Waals surface area contributed by atoms with E-state index < -0.39 is 0 Å². The van der Waals surface area contributed by atoms with Crippen molar-refractivity contribution in [2.24, 2.45) is 0 Å². The normalized spacial score (nSPS) is 13.4. The Balaban J connectivity index is 0.602. The molecule has 0 aromatic heterocycles. The quantitative estimate of drug-likeness (QED) is 0.113. The molecule has 2 aliphatic carbocycles. The highest BCUT2D eigenvalue weighted by atomic mass is 15.1. The summed E-state index contributed by atoms with van der Waals surface area (Å²) in [6.07, 6.45) is 9.00. The Kier molecular flexibility index (Phi) is 13.6. The van der Waals surface area contributed by atoms with Crippen LogP contribution in [0.4, 0.5) is 34.1 Å². The number of fused-ring (bicyclic) bond motifs is 10. The molecule has 0 saturated carbocycles. The van der Waals surface area contributed by atoms with Crippen molar-refractivity contribution in [3.8, 4) is 44.5 Å². The zero-order valence-corrected chi connectivity index (χ0v) is 53.2. The third-order valence-corrected chi connectivity index (χ3v) is 20.2. The second kappa shape index (κ2) is 22.7. The number of anilines is 6. The lowest BCUT2D eigenvalue weighted by Gasteiger charge is -2.28. The fourth-order valence-corrected chi connectivity index (χ4v) is 14.9. The van der Waals surface area contributed by atoms with Crippen molar-refractivity contribution < 1.29 is 0 Å². The van der Waals surface area contributed by atoms with Gasteiger partial charge >= 0.3 is 0 Å². The topological polar surface area (TPSA) is 6.48 Å². The summed E-state index contributed by atoms with van der Waals surface area (Å²) < 4.78 is 0. The molecule has 0 unspecified atom stereocenters. The zero-order valence-electron chi connectivity index (χ0n) is 53.2. The molecule has 15 aromatic carbocycles. The monoisotopic (exact) mass is 1200 g/mol. The van der Waals surface area contributed by atoms with Gasteiger partial charge < -0.3 is 9.80 Å². The Bertz CT molecular complexity index is 5200. The number of hydrogen-bond acceptors (Lipinski definition) is 2. The lowest BCUT2D eigenvalue weighted by molar-refractivity contribution is 0.660. The van der Waals surface area contributed by atoms with Crippen molar-refractivity contribution >= 4 is 102 Å². The van der Waals surface area contributed by atoms with Crippen molar-refractivity contribution in [2.45, 2.75) is 38.5 Å². The minimum absolute atomic E-state index is 0.217. The lowest BCUT2D eigenvalue weighted by Crippen LogP contribution is -2.16. The second-order valence-corrected chi connectivity index (χ2v) is 26.6. The van der Waals surface area contributed by atoms with Crippen LogP contribution in [0.1, 0.15) is 72.2 Å². The van der Waals surface area contributed by atoms with Crippen LogP contribution < -0.4 is 9.80 Å². The van der Waals surface area contributed by atoms with Crippen molar-refractivity contribution in [1.29, 1.82) is 0 Å². The van der Waals surface area contributed by atoms with E-state index >= 15 is 0 Å². The molecule has 15 aromatic rings. The second-order valence-electron chi connectivity index (χ2n) is 26.6. The van der Waals surface area contributed by atoms with Crippen LogP contribution in [0.5, 0.6) is 0 Å². The number of rotatable bonds is 12. The molecule has 0 atom stereocenters. The van der Waals surface area contributed by atoms with Gasteiger partial charge in [-0.25, -0.2) is 0 Å². The first-order valence-electron chi connectivity index (χ1n) is 32.8. The largest absolute Gasteiger partial charge is 0.310 e. The molecule has 0 aliphatic heterocycles. The fourth-order valence-electron chi connectivity index (χ4n) is 14.9. The van der Waals surface area contributed by atoms with E-state index in [-0.39, 0.29) is 10.8 Å². The van der Waals surface area contributed by atoms with E-state index in [9.17, 15) is 0 Å². The van der Waals surface area contributed by atoms with E-state index in [1.165, 1.54) is 121 Å². The molecule has 0 heterocycles. The highest BCUT2D eigenvalue weighted by Crippen LogP contribution is 2.53. The standard InChI is InChI=1S/C92H68N2/c1-91(2)87-53-63(29-49-83(87)85-51-47-81(59-89(85)91)93(79-45-39-67-15-7-11-19-73(67)57-79)77-41-35-69(36-42-77)75-33-31-65-13-5-9-17-71(65)55-75)27-25-61-21-23-62(24-22-61)26-28-64-30-50-84-86-52-48-82(60-90(86)92(3,4)88(84)54-64)94(80-46-40-68-16-8-12-20-74(68)58-80)78-43-37-70(38-44-78)76-34-32-66-14-6-10-18-72(66)56-76/h5-60H,1-4H3. The first kappa shape index (κ1) is 56.4. The van der Waals surface area contributed by atoms with Crippen LogP contribution in [0.25, 0.3) is 112 Å². The SMILES string of the molecule is CC1(C)c2cc(C=Cc3ccc(C=Cc4ccc5c(c4)C(C)(C)c4cc(N(c6ccc(-c7ccc8ccccc8c7)cc6)c6ccc7ccccc7c6)ccc4-5)cc3)ccc2-c2ccc(N(c3ccc(-c4ccc5ccccc5c4)cc3)c3ccc4ccccc4c3)cc21. The minimum atomic E-state index is -0.217. The third-order valence-electron chi connectivity index (χ3n) is 20.2. The fraction of sp³-hybridized carbons (Fsp3) is 0.0652. The van der Waals surface area contributed by atoms with Crippen LogP contribution in [0.15, 0.2) is 315 Å². The van der Waals surface area contributed by atoms with Crippen LogP contribution in [0, 0.1) is 0 Å². The number of hydrogen-bond donors (Lipinski definition) is 0. The maximum absolute atomic E-state index is 2.43. The Morgan fingerprint density at radius 1 is 0.202 bits per heavy atom. The van der Waals surface area contributed by atoms with Gasteiger partial charge in [0.05, 0.1) is 0 Å². The van der Waals surface area contributed by atoms with Crippen LogP contribution in [0.3, 0.4) is 0 Å². The molecular weight excluding hydrogens is 1130 g/mol. The molecule has 17 rings (SSSR count). The van der Waals surface area contributed by atoms with Gasteiger partial charge in [-0.3, -0.25) is 0 Å². The molecule has 446 valence electrons. The lowest BCUT2D eigenvalue weighted by atomic mass is 9.81. The molecule has 94 heavy (non-hydrogen) atoms. The van der Waals surface area contributed by atoms with Gasteiger partial charge in [-0.1, -0.05) is 283 Å². The Labute approximate surface area is 551 Å². The summed E-state index contributed by atoms with van der Waals surface area (Å²) >= 11 is 0. The highest BCUT2D eigenvalue weighted by molar-refractivity contribution is 5.95. The summed E-state index contributed by atoms with van der Waals surface area (Å²) in [5.41, 5.74) is 26.4. The van der Waals surface area contributed by atoms with E-state index in [1.54, 1.807) is 0 Å². The average Bonchev–Trinajstić information content (AvgIpc) is 1.58. The highest BCUT2D eigenvalue weighted by Gasteiger charge is 2.38. The molecule has 0 bridgehead atoms. The zero-order chi connectivity index (χ0) is 63.1. The van der Waals surface area contributed by atoms with Crippen molar-refractivity contribution in [3.63, 3.8) is 0 Å². The van der Waals surface area contributed by atoms with Crippen molar-refractivity contribution in [1.82, 2.24) is 0 Å². The third kappa shape index (κ3) is 10.1. The van der Waals surface area contributed by atoms with E-state index in [1.807, 2.05) is 0 Å². The van der Waals surface area contributed by atoms with Crippen LogP contribution in [-0.4, -0.2) is 0 Å². The molecular formula is C92H68N2. The molecule has 0 radical (unpaired) electrons. The van der Waals surface area contributed by atoms with Gasteiger partial charge in [-0.2, -0.15) is 0 Å². The van der Waals surface area contributed by atoms with Crippen molar-refractivity contribution in [3.05, 3.63) is 360 Å². The first-order valence-corrected chi connectivity index (χ1v) is 32.8. The van der Waals surface area contributed by atoms with Crippen LogP contribution >= 0.6 is 0 Å². The molecule has 0 N–H and O–H groups in total. The first-order chi connectivity index (χ1) is 46.0. The summed E-state index contributed by atoms with van der Waals surface area (Å²) in [6.45, 7) is 9.53. The van der Waals surface area contributed by atoms with E-state index in [0.29, 0.717) is 0 Å². The summed E-state index contributed by atoms with van der Waals surface area (Å²) in [5, 5.41) is 9.90. The molecule has 0 amide bonds. The van der Waals surface area contributed by atoms with Gasteiger partial charge in [0.25, 0.3) is 0 Å². The van der Waals surface area contributed by atoms with Gasteiger partial charge in [0.1, 0.15) is 0 Å². The number of benzene rings is 15.